The molecule has 1 fully saturated rings. The van der Waals surface area contributed by atoms with Crippen molar-refractivity contribution in [2.24, 2.45) is 5.41 Å². The third-order valence-corrected chi connectivity index (χ3v) is 2.48. The molecule has 0 aromatic carbocycles. The van der Waals surface area contributed by atoms with E-state index in [0.717, 1.165) is 6.54 Å². The molecule has 0 aromatic heterocycles. The van der Waals surface area contributed by atoms with Crippen LogP contribution in [-0.4, -0.2) is 12.6 Å². The smallest absolute Gasteiger partial charge is 0 e. The summed E-state index contributed by atoms with van der Waals surface area (Å²) < 4.78 is 0. The van der Waals surface area contributed by atoms with E-state index >= 15 is 0 Å². The molecule has 1 heterocycles. The van der Waals surface area contributed by atoms with Crippen LogP contribution >= 0.6 is 0 Å². The maximum Gasteiger partial charge on any atom is 0 e. The van der Waals surface area contributed by atoms with Crippen molar-refractivity contribution in [1.82, 2.24) is 0 Å². The predicted octanol–water partition coefficient (Wildman–Crippen LogP) is 3.35. The average molecular weight is 338 g/mol. The minimum Gasteiger partial charge on any atom is -0.659 e. The monoisotopic (exact) mass is 338 g/mol. The summed E-state index contributed by atoms with van der Waals surface area (Å²) in [5, 5.41) is 4.69. The molecule has 0 aromatic rings. The van der Waals surface area contributed by atoms with Crippen LogP contribution in [0.25, 0.3) is 5.32 Å². The van der Waals surface area contributed by atoms with Crippen LogP contribution in [-0.2, 0) is 21.1 Å². The van der Waals surface area contributed by atoms with Gasteiger partial charge in [-0.05, 0) is 0 Å². The Morgan fingerprint density at radius 1 is 1.08 bits per heavy atom. The summed E-state index contributed by atoms with van der Waals surface area (Å²) in [7, 11) is 0. The Morgan fingerprint density at radius 2 is 1.75 bits per heavy atom. The van der Waals surface area contributed by atoms with Crippen molar-refractivity contribution in [3.8, 4) is 0 Å². The fraction of sp³-hybridized carbons (Fsp3) is 1.00. The molecule has 0 saturated carbocycles. The van der Waals surface area contributed by atoms with Crippen molar-refractivity contribution < 1.29 is 21.1 Å². The molecular formula is C10H20NW-. The number of nitrogens with zero attached hydrogens (tertiary/aromatic N) is 1. The van der Waals surface area contributed by atoms with Crippen LogP contribution in [0.4, 0.5) is 0 Å². The normalized spacial score (nSPS) is 25.8. The quantitative estimate of drug-likeness (QED) is 0.643. The fourth-order valence-electron chi connectivity index (χ4n) is 1.67. The zero-order chi connectivity index (χ0) is 8.32. The Kier molecular flexibility index (Phi) is 5.69. The molecule has 1 rings (SSSR count). The Balaban J connectivity index is 0.00000121. The topological polar surface area (TPSA) is 14.1 Å². The third-order valence-electron chi connectivity index (χ3n) is 2.48. The van der Waals surface area contributed by atoms with Crippen molar-refractivity contribution in [1.29, 1.82) is 0 Å². The minimum absolute atomic E-state index is 0. The Bertz CT molecular complexity index is 109. The van der Waals surface area contributed by atoms with Gasteiger partial charge in [0, 0.05) is 21.1 Å². The van der Waals surface area contributed by atoms with E-state index < -0.39 is 0 Å². The molecule has 0 bridgehead atoms. The van der Waals surface area contributed by atoms with Crippen LogP contribution in [0.3, 0.4) is 0 Å². The van der Waals surface area contributed by atoms with E-state index in [-0.39, 0.29) is 21.1 Å². The average Bonchev–Trinajstić information content (AvgIpc) is 2.10. The van der Waals surface area contributed by atoms with Gasteiger partial charge in [0.1, 0.15) is 0 Å². The van der Waals surface area contributed by atoms with E-state index in [1.807, 2.05) is 0 Å². The first-order chi connectivity index (χ1) is 5.11. The van der Waals surface area contributed by atoms with Crippen LogP contribution < -0.4 is 0 Å². The molecule has 0 spiro atoms. The zero-order valence-corrected chi connectivity index (χ0v) is 11.4. The Morgan fingerprint density at radius 3 is 2.33 bits per heavy atom. The summed E-state index contributed by atoms with van der Waals surface area (Å²) in [5.74, 6) is 0. The van der Waals surface area contributed by atoms with Crippen molar-refractivity contribution in [2.75, 3.05) is 6.54 Å². The van der Waals surface area contributed by atoms with Gasteiger partial charge in [-0.3, -0.25) is 0 Å². The van der Waals surface area contributed by atoms with Gasteiger partial charge in [0.15, 0.2) is 0 Å². The maximum absolute atomic E-state index is 4.69. The molecule has 2 heteroatoms. The second-order valence-corrected chi connectivity index (χ2v) is 4.64. The molecule has 0 N–H and O–H groups in total. The number of hydrogen-bond donors (Lipinski definition) is 0. The van der Waals surface area contributed by atoms with Crippen molar-refractivity contribution in [2.45, 2.75) is 52.5 Å². The standard InChI is InChI=1S/C10H20N.W/c1-10(2,3)9-7-5-4-6-8-11-9;/h9H,4-8H2,1-3H3;/q-1;. The maximum atomic E-state index is 4.69. The Hall–Kier alpha value is 0.648. The van der Waals surface area contributed by atoms with Gasteiger partial charge in [-0.15, -0.1) is 12.6 Å². The van der Waals surface area contributed by atoms with Crippen LogP contribution in [0.2, 0.25) is 0 Å². The molecule has 1 saturated heterocycles. The predicted molar refractivity (Wildman–Crippen MR) is 49.9 cm³/mol. The van der Waals surface area contributed by atoms with Gasteiger partial charge in [-0.1, -0.05) is 51.9 Å². The molecule has 1 nitrogen and oxygen atoms in total. The number of rotatable bonds is 0. The molecule has 0 aliphatic carbocycles. The molecule has 0 radical (unpaired) electrons. The molecule has 1 atom stereocenters. The van der Waals surface area contributed by atoms with Crippen LogP contribution in [0.15, 0.2) is 0 Å². The summed E-state index contributed by atoms with van der Waals surface area (Å²) in [4.78, 5) is 0. The number of hydrogen-bond acceptors (Lipinski definition) is 0. The van der Waals surface area contributed by atoms with E-state index in [1.165, 1.54) is 25.7 Å². The molecule has 0 amide bonds. The van der Waals surface area contributed by atoms with E-state index in [0.29, 0.717) is 11.5 Å². The molecule has 1 aliphatic rings. The van der Waals surface area contributed by atoms with E-state index in [2.05, 4.69) is 20.8 Å². The molecule has 1 unspecified atom stereocenters. The van der Waals surface area contributed by atoms with Gasteiger partial charge in [0.25, 0.3) is 0 Å². The van der Waals surface area contributed by atoms with Gasteiger partial charge in [-0.2, -0.15) is 0 Å². The molecule has 1 aliphatic heterocycles. The molecule has 72 valence electrons. The van der Waals surface area contributed by atoms with Crippen molar-refractivity contribution in [3.05, 3.63) is 5.32 Å². The van der Waals surface area contributed by atoms with Crippen molar-refractivity contribution in [3.63, 3.8) is 0 Å². The zero-order valence-electron chi connectivity index (χ0n) is 8.47. The SMILES string of the molecule is CC(C)(C)C1CCCCC[N-]1.[W]. The van der Waals surface area contributed by atoms with E-state index in [1.54, 1.807) is 0 Å². The first-order valence-corrected chi connectivity index (χ1v) is 4.77. The van der Waals surface area contributed by atoms with E-state index in [4.69, 9.17) is 5.32 Å². The first-order valence-electron chi connectivity index (χ1n) is 4.77. The summed E-state index contributed by atoms with van der Waals surface area (Å²) in [5.41, 5.74) is 0.393. The van der Waals surface area contributed by atoms with Gasteiger partial charge in [0.2, 0.25) is 0 Å². The van der Waals surface area contributed by atoms with Gasteiger partial charge < -0.3 is 5.32 Å². The summed E-state index contributed by atoms with van der Waals surface area (Å²) in [6.07, 6.45) is 5.39. The van der Waals surface area contributed by atoms with Gasteiger partial charge >= 0.3 is 0 Å². The van der Waals surface area contributed by atoms with Crippen LogP contribution in [0.5, 0.6) is 0 Å². The second-order valence-electron chi connectivity index (χ2n) is 4.64. The Labute approximate surface area is 91.0 Å². The first kappa shape index (κ1) is 12.6. The minimum atomic E-state index is 0. The van der Waals surface area contributed by atoms with Crippen LogP contribution in [0.1, 0.15) is 46.5 Å². The largest absolute Gasteiger partial charge is 0.659 e. The third kappa shape index (κ3) is 4.05. The van der Waals surface area contributed by atoms with Crippen molar-refractivity contribution >= 4 is 0 Å². The molecular weight excluding hydrogens is 318 g/mol. The summed E-state index contributed by atoms with van der Waals surface area (Å²) >= 11 is 0. The molecule has 12 heavy (non-hydrogen) atoms. The van der Waals surface area contributed by atoms with Gasteiger partial charge in [0.05, 0.1) is 0 Å². The van der Waals surface area contributed by atoms with Crippen LogP contribution in [0, 0.1) is 5.41 Å². The van der Waals surface area contributed by atoms with E-state index in [9.17, 15) is 0 Å². The fourth-order valence-corrected chi connectivity index (χ4v) is 1.67. The summed E-state index contributed by atoms with van der Waals surface area (Å²) in [6, 6.07) is 0.616. The second kappa shape index (κ2) is 5.39. The van der Waals surface area contributed by atoms with Gasteiger partial charge in [-0.25, -0.2) is 0 Å². The summed E-state index contributed by atoms with van der Waals surface area (Å²) in [6.45, 7) is 7.99.